The molecule has 2 rings (SSSR count). The van der Waals surface area contributed by atoms with Gasteiger partial charge in [-0.2, -0.15) is 5.10 Å². The lowest BCUT2D eigenvalue weighted by Gasteiger charge is -2.21. The van der Waals surface area contributed by atoms with E-state index in [9.17, 15) is 0 Å². The van der Waals surface area contributed by atoms with E-state index in [-0.39, 0.29) is 24.0 Å². The third kappa shape index (κ3) is 6.61. The van der Waals surface area contributed by atoms with E-state index in [4.69, 9.17) is 4.99 Å². The SMILES string of the molecule is CCNC(=NCC1(C)CCCC1)NCCCn1nc(C)cc1C.I. The van der Waals surface area contributed by atoms with Crippen molar-refractivity contribution in [3.63, 3.8) is 0 Å². The molecule has 2 N–H and O–H groups in total. The van der Waals surface area contributed by atoms with Crippen molar-refractivity contribution in [1.29, 1.82) is 0 Å². The summed E-state index contributed by atoms with van der Waals surface area (Å²) >= 11 is 0. The summed E-state index contributed by atoms with van der Waals surface area (Å²) < 4.78 is 2.08. The van der Waals surface area contributed by atoms with Crippen molar-refractivity contribution in [2.75, 3.05) is 19.6 Å². The second kappa shape index (κ2) is 10.3. The summed E-state index contributed by atoms with van der Waals surface area (Å²) in [5.74, 6) is 0.953. The minimum Gasteiger partial charge on any atom is -0.357 e. The van der Waals surface area contributed by atoms with Crippen LogP contribution in [0.4, 0.5) is 0 Å². The molecule has 1 aromatic heterocycles. The molecule has 0 radical (unpaired) electrons. The van der Waals surface area contributed by atoms with Gasteiger partial charge in [0, 0.05) is 31.9 Å². The van der Waals surface area contributed by atoms with Crippen LogP contribution in [0.5, 0.6) is 0 Å². The highest BCUT2D eigenvalue weighted by Gasteiger charge is 2.28. The van der Waals surface area contributed by atoms with Gasteiger partial charge in [0.1, 0.15) is 0 Å². The van der Waals surface area contributed by atoms with Gasteiger partial charge in [0.05, 0.1) is 5.69 Å². The predicted octanol–water partition coefficient (Wildman–Crippen LogP) is 3.64. The number of rotatable bonds is 7. The predicted molar refractivity (Wildman–Crippen MR) is 112 cm³/mol. The minimum atomic E-state index is 0. The summed E-state index contributed by atoms with van der Waals surface area (Å²) in [5, 5.41) is 11.3. The molecule has 0 bridgehead atoms. The lowest BCUT2D eigenvalue weighted by Crippen LogP contribution is -2.38. The fourth-order valence-corrected chi connectivity index (χ4v) is 3.34. The average Bonchev–Trinajstić information content (AvgIpc) is 3.07. The van der Waals surface area contributed by atoms with Gasteiger partial charge < -0.3 is 10.6 Å². The summed E-state index contributed by atoms with van der Waals surface area (Å²) in [4.78, 5) is 4.81. The zero-order chi connectivity index (χ0) is 16.7. The molecule has 6 heteroatoms. The van der Waals surface area contributed by atoms with Gasteiger partial charge in [-0.3, -0.25) is 9.67 Å². The third-order valence-corrected chi connectivity index (χ3v) is 4.72. The smallest absolute Gasteiger partial charge is 0.191 e. The van der Waals surface area contributed by atoms with E-state index in [0.717, 1.165) is 44.3 Å². The van der Waals surface area contributed by atoms with Crippen LogP contribution in [0.25, 0.3) is 0 Å². The molecule has 138 valence electrons. The molecule has 1 heterocycles. The maximum Gasteiger partial charge on any atom is 0.191 e. The van der Waals surface area contributed by atoms with Crippen LogP contribution < -0.4 is 10.6 Å². The molecule has 0 unspecified atom stereocenters. The van der Waals surface area contributed by atoms with Crippen LogP contribution in [0.1, 0.15) is 57.3 Å². The number of nitrogens with one attached hydrogen (secondary N) is 2. The second-order valence-electron chi connectivity index (χ2n) is 7.14. The Labute approximate surface area is 164 Å². The number of hydrogen-bond donors (Lipinski definition) is 2. The van der Waals surface area contributed by atoms with Crippen LogP contribution in [0, 0.1) is 19.3 Å². The van der Waals surface area contributed by atoms with Crippen LogP contribution in [-0.2, 0) is 6.54 Å². The van der Waals surface area contributed by atoms with Crippen molar-refractivity contribution in [1.82, 2.24) is 20.4 Å². The van der Waals surface area contributed by atoms with E-state index >= 15 is 0 Å². The van der Waals surface area contributed by atoms with E-state index in [1.807, 2.05) is 6.92 Å². The fourth-order valence-electron chi connectivity index (χ4n) is 3.34. The zero-order valence-electron chi connectivity index (χ0n) is 15.7. The molecule has 0 atom stereocenters. The van der Waals surface area contributed by atoms with Crippen LogP contribution in [0.3, 0.4) is 0 Å². The van der Waals surface area contributed by atoms with E-state index in [1.54, 1.807) is 0 Å². The third-order valence-electron chi connectivity index (χ3n) is 4.72. The van der Waals surface area contributed by atoms with Crippen molar-refractivity contribution in [3.8, 4) is 0 Å². The first-order valence-corrected chi connectivity index (χ1v) is 9.06. The molecule has 1 aromatic rings. The molecule has 1 aliphatic carbocycles. The molecule has 0 aromatic carbocycles. The van der Waals surface area contributed by atoms with Crippen molar-refractivity contribution in [2.24, 2.45) is 10.4 Å². The standard InChI is InChI=1S/C18H33N5.HI/c1-5-19-17(21-14-18(4)9-6-7-10-18)20-11-8-12-23-16(3)13-15(2)22-23;/h13H,5-12,14H2,1-4H3,(H2,19,20,21);1H. The Kier molecular flexibility index (Phi) is 9.08. The molecule has 0 aliphatic heterocycles. The Morgan fingerprint density at radius 2 is 2.00 bits per heavy atom. The maximum atomic E-state index is 4.81. The van der Waals surface area contributed by atoms with Gasteiger partial charge in [-0.1, -0.05) is 19.8 Å². The molecule has 1 fully saturated rings. The first-order valence-electron chi connectivity index (χ1n) is 9.06. The molecule has 5 nitrogen and oxygen atoms in total. The minimum absolute atomic E-state index is 0. The molecule has 1 aliphatic rings. The zero-order valence-corrected chi connectivity index (χ0v) is 18.0. The van der Waals surface area contributed by atoms with Crippen molar-refractivity contribution in [2.45, 2.75) is 66.3 Å². The summed E-state index contributed by atoms with van der Waals surface area (Å²) in [7, 11) is 0. The number of hydrogen-bond acceptors (Lipinski definition) is 2. The quantitative estimate of drug-likeness (QED) is 0.291. The molecule has 24 heavy (non-hydrogen) atoms. The van der Waals surface area contributed by atoms with Gasteiger partial charge in [-0.25, -0.2) is 0 Å². The molecule has 0 amide bonds. The largest absolute Gasteiger partial charge is 0.357 e. The fraction of sp³-hybridized carbons (Fsp3) is 0.778. The Bertz CT molecular complexity index is 517. The first kappa shape index (κ1) is 21.3. The van der Waals surface area contributed by atoms with E-state index < -0.39 is 0 Å². The number of aryl methyl sites for hydroxylation is 3. The normalized spacial score (nSPS) is 16.8. The van der Waals surface area contributed by atoms with Gasteiger partial charge >= 0.3 is 0 Å². The van der Waals surface area contributed by atoms with E-state index in [0.29, 0.717) is 5.41 Å². The van der Waals surface area contributed by atoms with Gasteiger partial charge in [-0.15, -0.1) is 24.0 Å². The van der Waals surface area contributed by atoms with Crippen molar-refractivity contribution < 1.29 is 0 Å². The highest BCUT2D eigenvalue weighted by Crippen LogP contribution is 2.37. The highest BCUT2D eigenvalue weighted by atomic mass is 127. The second-order valence-corrected chi connectivity index (χ2v) is 7.14. The van der Waals surface area contributed by atoms with Crippen LogP contribution in [0.2, 0.25) is 0 Å². The average molecular weight is 447 g/mol. The van der Waals surface area contributed by atoms with Gasteiger partial charge in [0.2, 0.25) is 0 Å². The molecular formula is C18H34IN5. The van der Waals surface area contributed by atoms with E-state index in [1.165, 1.54) is 31.4 Å². The van der Waals surface area contributed by atoms with Crippen LogP contribution in [-0.4, -0.2) is 35.4 Å². The van der Waals surface area contributed by atoms with Gasteiger partial charge in [0.15, 0.2) is 5.96 Å². The monoisotopic (exact) mass is 447 g/mol. The lowest BCUT2D eigenvalue weighted by atomic mass is 9.89. The number of nitrogens with zero attached hydrogens (tertiary/aromatic N) is 3. The van der Waals surface area contributed by atoms with Gasteiger partial charge in [0.25, 0.3) is 0 Å². The Hall–Kier alpha value is -0.790. The topological polar surface area (TPSA) is 54.2 Å². The Morgan fingerprint density at radius 3 is 2.58 bits per heavy atom. The Morgan fingerprint density at radius 1 is 1.29 bits per heavy atom. The molecular weight excluding hydrogens is 413 g/mol. The highest BCUT2D eigenvalue weighted by molar-refractivity contribution is 14.0. The maximum absolute atomic E-state index is 4.81. The molecule has 1 saturated carbocycles. The summed E-state index contributed by atoms with van der Waals surface area (Å²) in [6, 6.07) is 2.13. The summed E-state index contributed by atoms with van der Waals surface area (Å²) in [6.45, 7) is 12.3. The number of guanidine groups is 1. The number of aliphatic imine (C=N–C) groups is 1. The van der Waals surface area contributed by atoms with Crippen LogP contribution >= 0.6 is 24.0 Å². The van der Waals surface area contributed by atoms with Crippen molar-refractivity contribution in [3.05, 3.63) is 17.5 Å². The Balaban J connectivity index is 0.00000288. The van der Waals surface area contributed by atoms with Crippen molar-refractivity contribution >= 4 is 29.9 Å². The lowest BCUT2D eigenvalue weighted by molar-refractivity contribution is 0.350. The summed E-state index contributed by atoms with van der Waals surface area (Å²) in [5.41, 5.74) is 2.74. The number of aromatic nitrogens is 2. The summed E-state index contributed by atoms with van der Waals surface area (Å²) in [6.07, 6.45) is 6.39. The van der Waals surface area contributed by atoms with Crippen LogP contribution in [0.15, 0.2) is 11.1 Å². The first-order chi connectivity index (χ1) is 11.0. The van der Waals surface area contributed by atoms with E-state index in [2.05, 4.69) is 47.3 Å². The van der Waals surface area contributed by atoms with Gasteiger partial charge in [-0.05, 0) is 51.5 Å². The molecule has 0 saturated heterocycles. The molecule has 0 spiro atoms. The number of halogens is 1.